The van der Waals surface area contributed by atoms with E-state index in [1.54, 1.807) is 14.2 Å². The smallest absolute Gasteiger partial charge is 0.222 e. The fourth-order valence-electron chi connectivity index (χ4n) is 3.63. The number of hydrogen-bond donors (Lipinski definition) is 2. The summed E-state index contributed by atoms with van der Waals surface area (Å²) in [6.07, 6.45) is 1.61. The second-order valence-electron chi connectivity index (χ2n) is 7.43. The Morgan fingerprint density at radius 3 is 2.52 bits per heavy atom. The lowest BCUT2D eigenvalue weighted by Gasteiger charge is -2.19. The lowest BCUT2D eigenvalue weighted by molar-refractivity contribution is -0.128. The number of carbonyl (C=O) groups is 1. The minimum absolute atomic E-state index is 0.243. The van der Waals surface area contributed by atoms with Gasteiger partial charge in [-0.1, -0.05) is 30.3 Å². The summed E-state index contributed by atoms with van der Waals surface area (Å²) in [6.45, 7) is 5.46. The molecule has 2 aromatic rings. The first-order chi connectivity index (χ1) is 15.1. The molecule has 0 atom stereocenters. The minimum atomic E-state index is 0.243. The SMILES string of the molecule is CCNC(=NCc1ccc(OC)c(OC)c1)NCc1ccccc1CN1CCCC1=O. The first kappa shape index (κ1) is 22.5. The first-order valence-electron chi connectivity index (χ1n) is 10.7. The van der Waals surface area contributed by atoms with Gasteiger partial charge in [0.15, 0.2) is 17.5 Å². The normalized spacial score (nSPS) is 14.0. The van der Waals surface area contributed by atoms with Crippen LogP contribution in [0.25, 0.3) is 0 Å². The summed E-state index contributed by atoms with van der Waals surface area (Å²) < 4.78 is 10.7. The van der Waals surface area contributed by atoms with Gasteiger partial charge in [0.2, 0.25) is 5.91 Å². The Bertz CT molecular complexity index is 913. The van der Waals surface area contributed by atoms with Crippen molar-refractivity contribution in [3.63, 3.8) is 0 Å². The number of rotatable bonds is 9. The molecule has 3 rings (SSSR count). The van der Waals surface area contributed by atoms with Crippen molar-refractivity contribution in [3.8, 4) is 11.5 Å². The zero-order valence-electron chi connectivity index (χ0n) is 18.6. The molecule has 31 heavy (non-hydrogen) atoms. The van der Waals surface area contributed by atoms with Crippen LogP contribution in [0.3, 0.4) is 0 Å². The molecule has 2 aromatic carbocycles. The van der Waals surface area contributed by atoms with Crippen molar-refractivity contribution in [2.24, 2.45) is 4.99 Å². The Morgan fingerprint density at radius 1 is 1.06 bits per heavy atom. The lowest BCUT2D eigenvalue weighted by atomic mass is 10.1. The van der Waals surface area contributed by atoms with Crippen LogP contribution in [0.2, 0.25) is 0 Å². The molecule has 0 spiro atoms. The maximum absolute atomic E-state index is 12.0. The van der Waals surface area contributed by atoms with E-state index in [0.29, 0.717) is 37.6 Å². The number of methoxy groups -OCH3 is 2. The van der Waals surface area contributed by atoms with E-state index in [4.69, 9.17) is 14.5 Å². The maximum atomic E-state index is 12.0. The van der Waals surface area contributed by atoms with Gasteiger partial charge in [-0.3, -0.25) is 4.79 Å². The Labute approximate surface area is 184 Å². The molecule has 1 aliphatic heterocycles. The van der Waals surface area contributed by atoms with Crippen molar-refractivity contribution in [1.82, 2.24) is 15.5 Å². The third-order valence-corrected chi connectivity index (χ3v) is 5.31. The van der Waals surface area contributed by atoms with Crippen LogP contribution in [-0.2, 0) is 24.4 Å². The highest BCUT2D eigenvalue weighted by Gasteiger charge is 2.20. The van der Waals surface area contributed by atoms with Crippen LogP contribution in [0.1, 0.15) is 36.5 Å². The number of aliphatic imine (C=N–C) groups is 1. The lowest BCUT2D eigenvalue weighted by Crippen LogP contribution is -2.37. The standard InChI is InChI=1S/C24H32N4O3/c1-4-25-24(26-15-18-11-12-21(30-2)22(14-18)31-3)27-16-19-8-5-6-9-20(19)17-28-13-7-10-23(28)29/h5-6,8-9,11-12,14H,4,7,10,13,15-17H2,1-3H3,(H2,25,26,27). The van der Waals surface area contributed by atoms with Gasteiger partial charge < -0.3 is 25.0 Å². The van der Waals surface area contributed by atoms with Gasteiger partial charge in [0.05, 0.1) is 20.8 Å². The van der Waals surface area contributed by atoms with Gasteiger partial charge in [-0.2, -0.15) is 0 Å². The highest BCUT2D eigenvalue weighted by molar-refractivity contribution is 5.80. The number of ether oxygens (including phenoxy) is 2. The Hall–Kier alpha value is -3.22. The molecule has 7 heteroatoms. The summed E-state index contributed by atoms with van der Waals surface area (Å²) in [5, 5.41) is 6.71. The predicted octanol–water partition coefficient (Wildman–Crippen LogP) is 3.08. The fraction of sp³-hybridized carbons (Fsp3) is 0.417. The van der Waals surface area contributed by atoms with Crippen molar-refractivity contribution in [3.05, 3.63) is 59.2 Å². The molecule has 0 bridgehead atoms. The molecule has 2 N–H and O–H groups in total. The minimum Gasteiger partial charge on any atom is -0.493 e. The van der Waals surface area contributed by atoms with Gasteiger partial charge in [-0.05, 0) is 42.2 Å². The van der Waals surface area contributed by atoms with E-state index in [-0.39, 0.29) is 5.91 Å². The van der Waals surface area contributed by atoms with Crippen LogP contribution < -0.4 is 20.1 Å². The van der Waals surface area contributed by atoms with Crippen molar-refractivity contribution >= 4 is 11.9 Å². The number of hydrogen-bond acceptors (Lipinski definition) is 4. The highest BCUT2D eigenvalue weighted by atomic mass is 16.5. The molecule has 0 radical (unpaired) electrons. The molecule has 0 saturated carbocycles. The van der Waals surface area contributed by atoms with Crippen LogP contribution in [0, 0.1) is 0 Å². The number of nitrogens with zero attached hydrogens (tertiary/aromatic N) is 2. The molecule has 1 aliphatic rings. The molecule has 166 valence electrons. The second kappa shape index (κ2) is 11.2. The van der Waals surface area contributed by atoms with Gasteiger partial charge in [-0.15, -0.1) is 0 Å². The molecule has 1 saturated heterocycles. The molecule has 0 aliphatic carbocycles. The monoisotopic (exact) mass is 424 g/mol. The van der Waals surface area contributed by atoms with Gasteiger partial charge >= 0.3 is 0 Å². The van der Waals surface area contributed by atoms with Crippen LogP contribution in [0.4, 0.5) is 0 Å². The summed E-state index contributed by atoms with van der Waals surface area (Å²) in [4.78, 5) is 18.7. The number of likely N-dealkylation sites (tertiary alicyclic amines) is 1. The van der Waals surface area contributed by atoms with Crippen LogP contribution in [0.15, 0.2) is 47.5 Å². The van der Waals surface area contributed by atoms with Crippen LogP contribution >= 0.6 is 0 Å². The van der Waals surface area contributed by atoms with E-state index in [0.717, 1.165) is 31.0 Å². The Kier molecular flexibility index (Phi) is 8.15. The third-order valence-electron chi connectivity index (χ3n) is 5.31. The van der Waals surface area contributed by atoms with Gasteiger partial charge in [0.1, 0.15) is 0 Å². The fourth-order valence-corrected chi connectivity index (χ4v) is 3.63. The quantitative estimate of drug-likeness (QED) is 0.478. The van der Waals surface area contributed by atoms with Crippen molar-refractivity contribution in [2.45, 2.75) is 39.4 Å². The molecule has 0 unspecified atom stereocenters. The zero-order valence-corrected chi connectivity index (χ0v) is 18.6. The van der Waals surface area contributed by atoms with Crippen LogP contribution in [-0.4, -0.2) is 44.1 Å². The van der Waals surface area contributed by atoms with Gasteiger partial charge in [0, 0.05) is 32.6 Å². The van der Waals surface area contributed by atoms with E-state index >= 15 is 0 Å². The average molecular weight is 425 g/mol. The van der Waals surface area contributed by atoms with Crippen molar-refractivity contribution < 1.29 is 14.3 Å². The van der Waals surface area contributed by atoms with E-state index in [1.807, 2.05) is 42.2 Å². The number of amides is 1. The molecule has 0 aromatic heterocycles. The van der Waals surface area contributed by atoms with Gasteiger partial charge in [-0.25, -0.2) is 4.99 Å². The van der Waals surface area contributed by atoms with Crippen molar-refractivity contribution in [1.29, 1.82) is 0 Å². The third kappa shape index (κ3) is 6.13. The molecule has 1 fully saturated rings. The number of benzene rings is 2. The average Bonchev–Trinajstić information content (AvgIpc) is 3.20. The zero-order chi connectivity index (χ0) is 22.1. The van der Waals surface area contributed by atoms with Crippen molar-refractivity contribution in [2.75, 3.05) is 27.3 Å². The Balaban J connectivity index is 1.66. The number of nitrogens with one attached hydrogen (secondary N) is 2. The molecule has 1 amide bonds. The topological polar surface area (TPSA) is 75.2 Å². The highest BCUT2D eigenvalue weighted by Crippen LogP contribution is 2.27. The number of carbonyl (C=O) groups excluding carboxylic acids is 1. The molecular weight excluding hydrogens is 392 g/mol. The Morgan fingerprint density at radius 2 is 1.84 bits per heavy atom. The van der Waals surface area contributed by atoms with E-state index in [9.17, 15) is 4.79 Å². The number of guanidine groups is 1. The largest absolute Gasteiger partial charge is 0.493 e. The van der Waals surface area contributed by atoms with E-state index in [2.05, 4.69) is 22.8 Å². The molecule has 7 nitrogen and oxygen atoms in total. The predicted molar refractivity (Wildman–Crippen MR) is 122 cm³/mol. The summed E-state index contributed by atoms with van der Waals surface area (Å²) in [5.74, 6) is 2.38. The maximum Gasteiger partial charge on any atom is 0.222 e. The van der Waals surface area contributed by atoms with Crippen LogP contribution in [0.5, 0.6) is 11.5 Å². The first-order valence-corrected chi connectivity index (χ1v) is 10.7. The van der Waals surface area contributed by atoms with E-state index in [1.165, 1.54) is 11.1 Å². The second-order valence-corrected chi connectivity index (χ2v) is 7.43. The summed E-state index contributed by atoms with van der Waals surface area (Å²) in [5.41, 5.74) is 3.36. The van der Waals surface area contributed by atoms with E-state index < -0.39 is 0 Å². The summed E-state index contributed by atoms with van der Waals surface area (Å²) in [6, 6.07) is 14.1. The molecular formula is C24H32N4O3. The van der Waals surface area contributed by atoms with Gasteiger partial charge in [0.25, 0.3) is 0 Å². The molecule has 1 heterocycles. The summed E-state index contributed by atoms with van der Waals surface area (Å²) >= 11 is 0. The summed E-state index contributed by atoms with van der Waals surface area (Å²) in [7, 11) is 3.25.